The number of nitrogens with zero attached hydrogens (tertiary/aromatic N) is 1. The molecular formula is C32H27N. The molecule has 0 saturated carbocycles. The minimum Gasteiger partial charge on any atom is -0.256 e. The van der Waals surface area contributed by atoms with Crippen LogP contribution in [0.25, 0.3) is 34.0 Å². The highest BCUT2D eigenvalue weighted by Gasteiger charge is 2.24. The third-order valence-corrected chi connectivity index (χ3v) is 7.24. The lowest BCUT2D eigenvalue weighted by molar-refractivity contribution is 0.626. The summed E-state index contributed by atoms with van der Waals surface area (Å²) in [6.45, 7) is 4.05. The molecular weight excluding hydrogens is 398 g/mol. The van der Waals surface area contributed by atoms with Crippen molar-refractivity contribution in [3.05, 3.63) is 125 Å². The van der Waals surface area contributed by atoms with Crippen LogP contribution in [0, 0.1) is 0 Å². The Morgan fingerprint density at radius 3 is 2.42 bits per heavy atom. The van der Waals surface area contributed by atoms with Crippen LogP contribution in [-0.2, 0) is 6.42 Å². The van der Waals surface area contributed by atoms with Gasteiger partial charge in [-0.25, -0.2) is 0 Å². The maximum atomic E-state index is 4.69. The SMILES string of the molecule is C=CCC1CCC(c2ccccc2-c2ccccn2)=c2c1ccc1c2=CCc2ccccc2-1. The Labute approximate surface area is 195 Å². The summed E-state index contributed by atoms with van der Waals surface area (Å²) >= 11 is 0. The van der Waals surface area contributed by atoms with E-state index < -0.39 is 0 Å². The molecule has 0 aliphatic heterocycles. The molecule has 0 saturated heterocycles. The van der Waals surface area contributed by atoms with Crippen LogP contribution in [0.2, 0.25) is 0 Å². The molecule has 0 N–H and O–H groups in total. The fourth-order valence-electron chi connectivity index (χ4n) is 5.74. The minimum absolute atomic E-state index is 0.527. The topological polar surface area (TPSA) is 12.9 Å². The van der Waals surface area contributed by atoms with E-state index in [0.717, 1.165) is 31.4 Å². The smallest absolute Gasteiger partial charge is 0.0708 e. The van der Waals surface area contributed by atoms with Crippen molar-refractivity contribution in [1.82, 2.24) is 4.98 Å². The molecule has 6 rings (SSSR count). The summed E-state index contributed by atoms with van der Waals surface area (Å²) in [6, 6.07) is 28.6. The average molecular weight is 426 g/mol. The summed E-state index contributed by atoms with van der Waals surface area (Å²) < 4.78 is 0. The second kappa shape index (κ2) is 8.33. The Hall–Kier alpha value is -3.71. The number of benzene rings is 3. The summed E-state index contributed by atoms with van der Waals surface area (Å²) in [4.78, 5) is 4.69. The first-order chi connectivity index (χ1) is 16.3. The minimum atomic E-state index is 0.527. The predicted molar refractivity (Wildman–Crippen MR) is 138 cm³/mol. The Kier molecular flexibility index (Phi) is 5.03. The van der Waals surface area contributed by atoms with Gasteiger partial charge < -0.3 is 0 Å². The second-order valence-electron chi connectivity index (χ2n) is 9.06. The van der Waals surface area contributed by atoms with Gasteiger partial charge in [0, 0.05) is 11.8 Å². The molecule has 1 nitrogen and oxygen atoms in total. The van der Waals surface area contributed by atoms with Gasteiger partial charge in [-0.05, 0) is 87.6 Å². The van der Waals surface area contributed by atoms with Crippen LogP contribution in [0.5, 0.6) is 0 Å². The maximum absolute atomic E-state index is 4.69. The third-order valence-electron chi connectivity index (χ3n) is 7.24. The molecule has 0 bridgehead atoms. The van der Waals surface area contributed by atoms with Crippen molar-refractivity contribution >= 4 is 11.6 Å². The molecule has 1 heterocycles. The van der Waals surface area contributed by atoms with Crippen LogP contribution in [-0.4, -0.2) is 4.98 Å². The molecule has 1 atom stereocenters. The average Bonchev–Trinajstić information content (AvgIpc) is 2.89. The number of hydrogen-bond acceptors (Lipinski definition) is 1. The maximum Gasteiger partial charge on any atom is 0.0708 e. The lowest BCUT2D eigenvalue weighted by Crippen LogP contribution is -2.38. The zero-order valence-corrected chi connectivity index (χ0v) is 18.8. The molecule has 0 radical (unpaired) electrons. The number of hydrogen-bond donors (Lipinski definition) is 0. The molecule has 0 amide bonds. The van der Waals surface area contributed by atoms with E-state index in [2.05, 4.69) is 96.5 Å². The van der Waals surface area contributed by atoms with Crippen LogP contribution in [0.4, 0.5) is 0 Å². The van der Waals surface area contributed by atoms with Gasteiger partial charge in [0.15, 0.2) is 0 Å². The Morgan fingerprint density at radius 1 is 0.818 bits per heavy atom. The van der Waals surface area contributed by atoms with Crippen LogP contribution in [0.15, 0.2) is 97.7 Å². The van der Waals surface area contributed by atoms with Crippen LogP contribution < -0.4 is 10.4 Å². The van der Waals surface area contributed by atoms with E-state index in [1.165, 1.54) is 49.4 Å². The molecule has 1 aromatic heterocycles. The molecule has 160 valence electrons. The molecule has 3 aromatic carbocycles. The lowest BCUT2D eigenvalue weighted by atomic mass is 9.76. The van der Waals surface area contributed by atoms with Crippen molar-refractivity contribution in [3.63, 3.8) is 0 Å². The number of fused-ring (bicyclic) bond motifs is 5. The Bertz CT molecular complexity index is 1480. The van der Waals surface area contributed by atoms with Crippen LogP contribution in [0.3, 0.4) is 0 Å². The highest BCUT2D eigenvalue weighted by atomic mass is 14.7. The molecule has 0 spiro atoms. The Balaban J connectivity index is 1.70. The molecule has 1 heteroatoms. The first-order valence-electron chi connectivity index (χ1n) is 11.9. The molecule has 4 aromatic rings. The standard InChI is InChI=1S/C32H27N/c1-2-9-22-15-17-29(26-12-5-6-13-28(26)31-14-7-8-21-33-31)32-25(22)19-20-27-24-11-4-3-10-23(24)16-18-30(27)32/h2-8,10-14,18-22H,1,9,15-17H2. The molecule has 0 fully saturated rings. The first-order valence-corrected chi connectivity index (χ1v) is 11.9. The van der Waals surface area contributed by atoms with Gasteiger partial charge in [-0.1, -0.05) is 78.9 Å². The number of rotatable bonds is 4. The monoisotopic (exact) mass is 425 g/mol. The van der Waals surface area contributed by atoms with E-state index in [4.69, 9.17) is 0 Å². The zero-order valence-electron chi connectivity index (χ0n) is 18.8. The predicted octanol–water partition coefficient (Wildman–Crippen LogP) is 6.40. The van der Waals surface area contributed by atoms with Gasteiger partial charge in [-0.15, -0.1) is 6.58 Å². The van der Waals surface area contributed by atoms with Crippen LogP contribution >= 0.6 is 0 Å². The molecule has 33 heavy (non-hydrogen) atoms. The fraction of sp³-hybridized carbons (Fsp3) is 0.156. The van der Waals surface area contributed by atoms with E-state index in [1.54, 1.807) is 0 Å². The summed E-state index contributed by atoms with van der Waals surface area (Å²) in [6.07, 6.45) is 10.7. The van der Waals surface area contributed by atoms with Gasteiger partial charge in [0.25, 0.3) is 0 Å². The third kappa shape index (κ3) is 3.36. The van der Waals surface area contributed by atoms with Gasteiger partial charge in [0.05, 0.1) is 5.69 Å². The van der Waals surface area contributed by atoms with Crippen molar-refractivity contribution in [1.29, 1.82) is 0 Å². The first kappa shape index (κ1) is 19.9. The van der Waals surface area contributed by atoms with E-state index >= 15 is 0 Å². The van der Waals surface area contributed by atoms with Gasteiger partial charge in [0.2, 0.25) is 0 Å². The fourth-order valence-corrected chi connectivity index (χ4v) is 5.74. The zero-order chi connectivity index (χ0) is 22.2. The largest absolute Gasteiger partial charge is 0.256 e. The van der Waals surface area contributed by atoms with Crippen molar-refractivity contribution < 1.29 is 0 Å². The number of pyridine rings is 1. The molecule has 2 aliphatic rings. The van der Waals surface area contributed by atoms with E-state index in [0.29, 0.717) is 5.92 Å². The number of aromatic nitrogens is 1. The molecule has 2 aliphatic carbocycles. The van der Waals surface area contributed by atoms with Crippen molar-refractivity contribution in [2.75, 3.05) is 0 Å². The van der Waals surface area contributed by atoms with E-state index in [1.807, 2.05) is 12.3 Å². The van der Waals surface area contributed by atoms with Crippen LogP contribution in [0.1, 0.15) is 41.9 Å². The van der Waals surface area contributed by atoms with Gasteiger partial charge >= 0.3 is 0 Å². The van der Waals surface area contributed by atoms with E-state index in [-0.39, 0.29) is 0 Å². The summed E-state index contributed by atoms with van der Waals surface area (Å²) in [5.41, 5.74) is 10.7. The highest BCUT2D eigenvalue weighted by Crippen LogP contribution is 2.36. The van der Waals surface area contributed by atoms with Gasteiger partial charge in [-0.2, -0.15) is 0 Å². The lowest BCUT2D eigenvalue weighted by Gasteiger charge is -2.27. The normalized spacial score (nSPS) is 16.2. The highest BCUT2D eigenvalue weighted by molar-refractivity contribution is 5.83. The van der Waals surface area contributed by atoms with Crippen molar-refractivity contribution in [2.24, 2.45) is 0 Å². The van der Waals surface area contributed by atoms with Crippen molar-refractivity contribution in [2.45, 2.75) is 31.6 Å². The van der Waals surface area contributed by atoms with Gasteiger partial charge in [0.1, 0.15) is 0 Å². The molecule has 1 unspecified atom stereocenters. The number of allylic oxidation sites excluding steroid dienone is 1. The quantitative estimate of drug-likeness (QED) is 0.345. The summed E-state index contributed by atoms with van der Waals surface area (Å²) in [7, 11) is 0. The van der Waals surface area contributed by atoms with Gasteiger partial charge in [-0.3, -0.25) is 4.98 Å². The van der Waals surface area contributed by atoms with E-state index in [9.17, 15) is 0 Å². The van der Waals surface area contributed by atoms with Crippen molar-refractivity contribution in [3.8, 4) is 22.4 Å². The summed E-state index contributed by atoms with van der Waals surface area (Å²) in [5, 5.41) is 2.86. The summed E-state index contributed by atoms with van der Waals surface area (Å²) in [5.74, 6) is 0.527. The Morgan fingerprint density at radius 2 is 1.61 bits per heavy atom. The second-order valence-corrected chi connectivity index (χ2v) is 9.06.